The highest BCUT2D eigenvalue weighted by Crippen LogP contribution is 2.08. The second kappa shape index (κ2) is 8.32. The minimum absolute atomic E-state index is 0.451. The average molecular weight is 283 g/mol. The Morgan fingerprint density at radius 3 is 2.71 bits per heavy atom. The largest absolute Gasteiger partial charge is 0.377 e. The third-order valence-corrected chi connectivity index (χ3v) is 3.42. The van der Waals surface area contributed by atoms with Gasteiger partial charge in [0.05, 0.1) is 6.61 Å². The lowest BCUT2D eigenvalue weighted by molar-refractivity contribution is 0.108. The molecule has 2 rings (SSSR count). The molecule has 0 radical (unpaired) electrons. The zero-order chi connectivity index (χ0) is 14.9. The molecular weight excluding hydrogens is 262 g/mol. The quantitative estimate of drug-likeness (QED) is 0.547. The minimum Gasteiger partial charge on any atom is -0.377 e. The Bertz CT molecular complexity index is 564. The van der Waals surface area contributed by atoms with E-state index >= 15 is 0 Å². The standard InChI is InChI=1S/C18H21NO2/c1-15-7-9-16(10-8-15)5-2-3-12-21-14-17-6-4-11-19-18(17)13-20/h4,6-11,13H,2-3,5,12,14H2,1H3. The molecule has 3 heteroatoms. The normalized spacial score (nSPS) is 10.5. The van der Waals surface area contributed by atoms with Gasteiger partial charge in [-0.2, -0.15) is 0 Å². The molecule has 110 valence electrons. The van der Waals surface area contributed by atoms with E-state index in [-0.39, 0.29) is 0 Å². The molecule has 0 aliphatic carbocycles. The van der Waals surface area contributed by atoms with Gasteiger partial charge in [-0.1, -0.05) is 35.9 Å². The van der Waals surface area contributed by atoms with Gasteiger partial charge in [-0.3, -0.25) is 9.78 Å². The number of hydrogen-bond donors (Lipinski definition) is 0. The van der Waals surface area contributed by atoms with Crippen LogP contribution < -0.4 is 0 Å². The van der Waals surface area contributed by atoms with Crippen LogP contribution in [0.3, 0.4) is 0 Å². The molecule has 0 spiro atoms. The first kappa shape index (κ1) is 15.4. The number of rotatable bonds is 8. The molecule has 0 saturated carbocycles. The van der Waals surface area contributed by atoms with E-state index < -0.39 is 0 Å². The van der Waals surface area contributed by atoms with E-state index in [1.54, 1.807) is 6.20 Å². The number of aryl methyl sites for hydroxylation is 2. The van der Waals surface area contributed by atoms with Crippen LogP contribution in [0.1, 0.15) is 40.0 Å². The number of aromatic nitrogens is 1. The fourth-order valence-corrected chi connectivity index (χ4v) is 2.15. The summed E-state index contributed by atoms with van der Waals surface area (Å²) < 4.78 is 5.62. The number of nitrogens with zero attached hydrogens (tertiary/aromatic N) is 1. The van der Waals surface area contributed by atoms with Crippen molar-refractivity contribution in [1.29, 1.82) is 0 Å². The Morgan fingerprint density at radius 1 is 1.14 bits per heavy atom. The molecule has 2 aromatic rings. The number of benzene rings is 1. The monoisotopic (exact) mass is 283 g/mol. The average Bonchev–Trinajstić information content (AvgIpc) is 2.53. The van der Waals surface area contributed by atoms with Gasteiger partial charge in [-0.15, -0.1) is 0 Å². The van der Waals surface area contributed by atoms with E-state index in [1.807, 2.05) is 12.1 Å². The lowest BCUT2D eigenvalue weighted by Crippen LogP contribution is -2.01. The minimum atomic E-state index is 0.451. The summed E-state index contributed by atoms with van der Waals surface area (Å²) in [6, 6.07) is 12.4. The summed E-state index contributed by atoms with van der Waals surface area (Å²) in [7, 11) is 0. The van der Waals surface area contributed by atoms with Gasteiger partial charge >= 0.3 is 0 Å². The summed E-state index contributed by atoms with van der Waals surface area (Å²) in [5.74, 6) is 0. The Kier molecular flexibility index (Phi) is 6.10. The molecule has 3 nitrogen and oxygen atoms in total. The fraction of sp³-hybridized carbons (Fsp3) is 0.333. The Labute approximate surface area is 126 Å². The van der Waals surface area contributed by atoms with E-state index in [4.69, 9.17) is 4.74 Å². The van der Waals surface area contributed by atoms with E-state index in [0.29, 0.717) is 18.9 Å². The molecule has 1 aromatic heterocycles. The first-order valence-electron chi connectivity index (χ1n) is 7.32. The topological polar surface area (TPSA) is 39.2 Å². The Morgan fingerprint density at radius 2 is 1.95 bits per heavy atom. The summed E-state index contributed by atoms with van der Waals surface area (Å²) in [6.07, 6.45) is 5.60. The number of carbonyl (C=O) groups excluding carboxylic acids is 1. The van der Waals surface area contributed by atoms with Crippen LogP contribution in [0.2, 0.25) is 0 Å². The third kappa shape index (κ3) is 5.12. The van der Waals surface area contributed by atoms with E-state index in [2.05, 4.69) is 36.2 Å². The van der Waals surface area contributed by atoms with Crippen LogP contribution in [0.25, 0.3) is 0 Å². The van der Waals surface area contributed by atoms with Gasteiger partial charge in [-0.25, -0.2) is 0 Å². The van der Waals surface area contributed by atoms with Gasteiger partial charge in [0.1, 0.15) is 5.69 Å². The van der Waals surface area contributed by atoms with Gasteiger partial charge in [0.15, 0.2) is 6.29 Å². The molecule has 0 unspecified atom stereocenters. The highest BCUT2D eigenvalue weighted by atomic mass is 16.5. The van der Waals surface area contributed by atoms with Gasteiger partial charge < -0.3 is 4.74 Å². The number of hydrogen-bond acceptors (Lipinski definition) is 3. The Hall–Kier alpha value is -2.00. The maximum absolute atomic E-state index is 10.8. The van der Waals surface area contributed by atoms with Crippen LogP contribution >= 0.6 is 0 Å². The van der Waals surface area contributed by atoms with E-state index in [0.717, 1.165) is 31.1 Å². The van der Waals surface area contributed by atoms with Crippen molar-refractivity contribution < 1.29 is 9.53 Å². The zero-order valence-corrected chi connectivity index (χ0v) is 12.4. The first-order chi connectivity index (χ1) is 10.3. The number of pyridine rings is 1. The second-order valence-electron chi connectivity index (χ2n) is 5.16. The predicted molar refractivity (Wildman–Crippen MR) is 83.4 cm³/mol. The maximum atomic E-state index is 10.8. The zero-order valence-electron chi connectivity index (χ0n) is 12.4. The predicted octanol–water partition coefficient (Wildman–Crippen LogP) is 3.74. The molecule has 0 aliphatic heterocycles. The van der Waals surface area contributed by atoms with Crippen LogP contribution in [-0.2, 0) is 17.8 Å². The Balaban J connectivity index is 1.64. The van der Waals surface area contributed by atoms with Gasteiger partial charge in [0, 0.05) is 18.4 Å². The third-order valence-electron chi connectivity index (χ3n) is 3.42. The van der Waals surface area contributed by atoms with Crippen LogP contribution in [0, 0.1) is 6.92 Å². The molecular formula is C18H21NO2. The molecule has 0 saturated heterocycles. The van der Waals surface area contributed by atoms with E-state index in [1.165, 1.54) is 11.1 Å². The molecule has 0 atom stereocenters. The number of unbranched alkanes of at least 4 members (excludes halogenated alkanes) is 1. The van der Waals surface area contributed by atoms with Gasteiger partial charge in [0.25, 0.3) is 0 Å². The summed E-state index contributed by atoms with van der Waals surface area (Å²) >= 11 is 0. The first-order valence-corrected chi connectivity index (χ1v) is 7.32. The van der Waals surface area contributed by atoms with Crippen LogP contribution in [-0.4, -0.2) is 17.9 Å². The van der Waals surface area contributed by atoms with Crippen molar-refractivity contribution in [1.82, 2.24) is 4.98 Å². The van der Waals surface area contributed by atoms with Crippen molar-refractivity contribution in [3.8, 4) is 0 Å². The van der Waals surface area contributed by atoms with Crippen LogP contribution in [0.5, 0.6) is 0 Å². The molecule has 1 heterocycles. The lowest BCUT2D eigenvalue weighted by Gasteiger charge is -2.06. The lowest BCUT2D eigenvalue weighted by atomic mass is 10.1. The molecule has 0 fully saturated rings. The number of ether oxygens (including phenoxy) is 1. The maximum Gasteiger partial charge on any atom is 0.168 e. The fourth-order valence-electron chi connectivity index (χ4n) is 2.15. The molecule has 0 aliphatic rings. The molecule has 21 heavy (non-hydrogen) atoms. The van der Waals surface area contributed by atoms with Crippen molar-refractivity contribution >= 4 is 6.29 Å². The second-order valence-corrected chi connectivity index (χ2v) is 5.16. The number of aldehydes is 1. The summed E-state index contributed by atoms with van der Waals surface area (Å²) in [5, 5.41) is 0. The van der Waals surface area contributed by atoms with Crippen molar-refractivity contribution in [2.24, 2.45) is 0 Å². The van der Waals surface area contributed by atoms with Crippen molar-refractivity contribution in [2.75, 3.05) is 6.61 Å². The SMILES string of the molecule is Cc1ccc(CCCCOCc2cccnc2C=O)cc1. The summed E-state index contributed by atoms with van der Waals surface area (Å²) in [5.41, 5.74) is 3.99. The van der Waals surface area contributed by atoms with Gasteiger partial charge in [-0.05, 0) is 37.8 Å². The molecule has 0 bridgehead atoms. The van der Waals surface area contributed by atoms with Crippen molar-refractivity contribution in [3.63, 3.8) is 0 Å². The van der Waals surface area contributed by atoms with E-state index in [9.17, 15) is 4.79 Å². The molecule has 0 N–H and O–H groups in total. The van der Waals surface area contributed by atoms with Crippen LogP contribution in [0.15, 0.2) is 42.6 Å². The van der Waals surface area contributed by atoms with Gasteiger partial charge in [0.2, 0.25) is 0 Å². The number of carbonyl (C=O) groups is 1. The smallest absolute Gasteiger partial charge is 0.168 e. The highest BCUT2D eigenvalue weighted by molar-refractivity contribution is 5.73. The molecule has 1 aromatic carbocycles. The highest BCUT2D eigenvalue weighted by Gasteiger charge is 2.01. The van der Waals surface area contributed by atoms with Crippen molar-refractivity contribution in [3.05, 3.63) is 65.0 Å². The summed E-state index contributed by atoms with van der Waals surface area (Å²) in [4.78, 5) is 14.8. The summed E-state index contributed by atoms with van der Waals surface area (Å²) in [6.45, 7) is 3.26. The van der Waals surface area contributed by atoms with Crippen LogP contribution in [0.4, 0.5) is 0 Å². The molecule has 0 amide bonds. The van der Waals surface area contributed by atoms with Crippen molar-refractivity contribution in [2.45, 2.75) is 32.8 Å².